The first-order chi connectivity index (χ1) is 11.8. The predicted octanol–water partition coefficient (Wildman–Crippen LogP) is -1.80. The van der Waals surface area contributed by atoms with Crippen LogP contribution in [0.25, 0.3) is 0 Å². The van der Waals surface area contributed by atoms with Gasteiger partial charge < -0.3 is 20.9 Å². The van der Waals surface area contributed by atoms with Crippen LogP contribution in [0.15, 0.2) is 6.33 Å². The summed E-state index contributed by atoms with van der Waals surface area (Å²) < 4.78 is 24.3. The molecule has 2 atom stereocenters. The van der Waals surface area contributed by atoms with Crippen molar-refractivity contribution in [2.45, 2.75) is 25.6 Å². The molecule has 0 saturated carbocycles. The first kappa shape index (κ1) is 17.7. The van der Waals surface area contributed by atoms with Gasteiger partial charge in [-0.15, -0.1) is 0 Å². The van der Waals surface area contributed by atoms with Crippen molar-refractivity contribution in [3.05, 3.63) is 17.7 Å². The number of primary amides is 1. The number of nitrogens with one attached hydrogen (secondary N) is 2. The molecule has 1 aromatic heterocycles. The second-order valence-corrected chi connectivity index (χ2v) is 8.62. The molecule has 2 fully saturated rings. The molecule has 3 rings (SSSR count). The number of nitrogens with zero attached hydrogens (tertiary/aromatic N) is 3. The summed E-state index contributed by atoms with van der Waals surface area (Å²) in [5.41, 5.74) is 6.82. The maximum Gasteiger partial charge on any atom is 0.312 e. The average Bonchev–Trinajstić information content (AvgIpc) is 3.07. The van der Waals surface area contributed by atoms with Crippen LogP contribution in [0.1, 0.15) is 11.4 Å². The zero-order valence-corrected chi connectivity index (χ0v) is 14.8. The lowest BCUT2D eigenvalue weighted by molar-refractivity contribution is -0.136. The molecule has 0 spiro atoms. The fraction of sp³-hybridized carbons (Fsp3) is 0.643. The van der Waals surface area contributed by atoms with Crippen LogP contribution < -0.4 is 11.1 Å². The topological polar surface area (TPSA) is 141 Å². The van der Waals surface area contributed by atoms with Gasteiger partial charge in [-0.1, -0.05) is 0 Å². The summed E-state index contributed by atoms with van der Waals surface area (Å²) in [4.78, 5) is 34.1. The van der Waals surface area contributed by atoms with Crippen molar-refractivity contribution >= 4 is 21.8 Å². The molecule has 0 aromatic carbocycles. The van der Waals surface area contributed by atoms with Gasteiger partial charge in [-0.25, -0.2) is 18.2 Å². The summed E-state index contributed by atoms with van der Waals surface area (Å²) in [7, 11) is -3.22. The fourth-order valence-electron chi connectivity index (χ4n) is 3.53. The highest BCUT2D eigenvalue weighted by Crippen LogP contribution is 2.28. The lowest BCUT2D eigenvalue weighted by Gasteiger charge is -2.43. The Morgan fingerprint density at radius 3 is 2.72 bits per heavy atom. The molecule has 2 aliphatic rings. The van der Waals surface area contributed by atoms with Gasteiger partial charge in [-0.3, -0.25) is 9.69 Å². The Morgan fingerprint density at radius 1 is 1.36 bits per heavy atom. The quantitative estimate of drug-likeness (QED) is 0.571. The first-order valence-electron chi connectivity index (χ1n) is 8.03. The molecule has 2 saturated heterocycles. The number of H-pyrrole nitrogens is 1. The maximum absolute atomic E-state index is 12.4. The van der Waals surface area contributed by atoms with Crippen molar-refractivity contribution in [3.63, 3.8) is 0 Å². The monoisotopic (exact) mass is 370 g/mol. The molecular weight excluding hydrogens is 348 g/mol. The van der Waals surface area contributed by atoms with E-state index in [1.54, 1.807) is 11.2 Å². The van der Waals surface area contributed by atoms with Gasteiger partial charge in [0.15, 0.2) is 9.84 Å². The van der Waals surface area contributed by atoms with E-state index in [4.69, 9.17) is 5.73 Å². The largest absolute Gasteiger partial charge is 0.352 e. The molecule has 2 aliphatic heterocycles. The van der Waals surface area contributed by atoms with Gasteiger partial charge in [-0.05, 0) is 6.92 Å². The molecule has 10 nitrogen and oxygen atoms in total. The summed E-state index contributed by atoms with van der Waals surface area (Å²) in [6, 6.07) is -1.47. The number of carbonyl (C=O) groups excluding carboxylic acids is 2. The third-order valence-electron chi connectivity index (χ3n) is 4.81. The van der Waals surface area contributed by atoms with Crippen LogP contribution in [0.4, 0.5) is 4.79 Å². The molecule has 0 radical (unpaired) electrons. The second kappa shape index (κ2) is 6.64. The second-order valence-electron chi connectivity index (χ2n) is 6.46. The number of carbonyl (C=O) groups is 2. The van der Waals surface area contributed by atoms with Gasteiger partial charge >= 0.3 is 6.03 Å². The number of aromatic amines is 1. The van der Waals surface area contributed by atoms with Gasteiger partial charge in [0.05, 0.1) is 36.1 Å². The van der Waals surface area contributed by atoms with Crippen molar-refractivity contribution in [2.24, 2.45) is 5.73 Å². The Labute approximate surface area is 145 Å². The number of urea groups is 1. The summed E-state index contributed by atoms with van der Waals surface area (Å²) in [6.45, 7) is 3.18. The molecule has 138 valence electrons. The molecule has 0 aliphatic carbocycles. The third kappa shape index (κ3) is 3.76. The average molecular weight is 370 g/mol. The predicted molar refractivity (Wildman–Crippen MR) is 89.3 cm³/mol. The Kier molecular flexibility index (Phi) is 4.69. The van der Waals surface area contributed by atoms with E-state index in [9.17, 15) is 18.0 Å². The fourth-order valence-corrected chi connectivity index (χ4v) is 5.55. The van der Waals surface area contributed by atoms with E-state index >= 15 is 0 Å². The van der Waals surface area contributed by atoms with E-state index < -0.39 is 21.9 Å². The minimum atomic E-state index is -3.22. The molecule has 0 unspecified atom stereocenters. The maximum atomic E-state index is 12.4. The van der Waals surface area contributed by atoms with Crippen LogP contribution in [0.3, 0.4) is 0 Å². The zero-order chi connectivity index (χ0) is 18.2. The normalized spacial score (nSPS) is 25.6. The van der Waals surface area contributed by atoms with Crippen LogP contribution in [-0.2, 0) is 21.2 Å². The first-order valence-corrected chi connectivity index (χ1v) is 9.85. The summed E-state index contributed by atoms with van der Waals surface area (Å²) in [6.07, 6.45) is 1.61. The number of aryl methyl sites for hydroxylation is 1. The molecule has 11 heteroatoms. The number of rotatable bonds is 4. The van der Waals surface area contributed by atoms with Crippen LogP contribution in [0.5, 0.6) is 0 Å². The van der Waals surface area contributed by atoms with Crippen molar-refractivity contribution in [1.29, 1.82) is 0 Å². The third-order valence-corrected chi connectivity index (χ3v) is 6.51. The standard InChI is InChI=1S/C14H22N6O4S/c1-9-10(18-8-17-9)5-19-2-3-20(13(21)4-16-14(15)22)12-7-25(23,24)6-11(12)19/h8,11-12H,2-7H2,1H3,(H,17,18)(H3,15,16,22)/t11-,12+/m0/s1. The lowest BCUT2D eigenvalue weighted by Crippen LogP contribution is -2.61. The van der Waals surface area contributed by atoms with Gasteiger partial charge in [0.2, 0.25) is 5.91 Å². The van der Waals surface area contributed by atoms with Gasteiger partial charge in [0, 0.05) is 31.4 Å². The van der Waals surface area contributed by atoms with E-state index in [1.165, 1.54) is 0 Å². The summed E-state index contributed by atoms with van der Waals surface area (Å²) in [5.74, 6) is -0.356. The van der Waals surface area contributed by atoms with Crippen LogP contribution in [-0.4, -0.2) is 83.3 Å². The SMILES string of the molecule is Cc1[nH]cnc1CN1CCN(C(=O)CNC(N)=O)[C@@H]2CS(=O)(=O)C[C@@H]21. The Balaban J connectivity index is 1.76. The zero-order valence-electron chi connectivity index (χ0n) is 13.9. The number of hydrogen-bond donors (Lipinski definition) is 3. The molecule has 4 N–H and O–H groups in total. The van der Waals surface area contributed by atoms with Gasteiger partial charge in [0.25, 0.3) is 0 Å². The number of amides is 3. The molecule has 1 aromatic rings. The molecule has 3 heterocycles. The Bertz CT molecular complexity index is 776. The smallest absolute Gasteiger partial charge is 0.312 e. The van der Waals surface area contributed by atoms with Crippen LogP contribution >= 0.6 is 0 Å². The number of hydrogen-bond acceptors (Lipinski definition) is 6. The number of aromatic nitrogens is 2. The number of fused-ring (bicyclic) bond motifs is 1. The van der Waals surface area contributed by atoms with Crippen molar-refractivity contribution < 1.29 is 18.0 Å². The van der Waals surface area contributed by atoms with E-state index in [0.717, 1.165) is 11.4 Å². The summed E-state index contributed by atoms with van der Waals surface area (Å²) in [5, 5.41) is 2.27. The Morgan fingerprint density at radius 2 is 2.08 bits per heavy atom. The molecule has 3 amide bonds. The Hall–Kier alpha value is -2.14. The lowest BCUT2D eigenvalue weighted by atomic mass is 10.0. The van der Waals surface area contributed by atoms with Gasteiger partial charge in [0.1, 0.15) is 0 Å². The molecular formula is C14H22N6O4S. The molecule has 0 bridgehead atoms. The number of sulfone groups is 1. The van der Waals surface area contributed by atoms with E-state index in [2.05, 4.69) is 20.2 Å². The minimum Gasteiger partial charge on any atom is -0.352 e. The minimum absolute atomic E-state index is 0.0220. The van der Waals surface area contributed by atoms with Gasteiger partial charge in [-0.2, -0.15) is 0 Å². The van der Waals surface area contributed by atoms with Crippen LogP contribution in [0, 0.1) is 6.92 Å². The number of imidazole rings is 1. The van der Waals surface area contributed by atoms with Crippen molar-refractivity contribution in [3.8, 4) is 0 Å². The van der Waals surface area contributed by atoms with Crippen LogP contribution in [0.2, 0.25) is 0 Å². The summed E-state index contributed by atoms with van der Waals surface area (Å²) >= 11 is 0. The van der Waals surface area contributed by atoms with Crippen molar-refractivity contribution in [1.82, 2.24) is 25.1 Å². The highest BCUT2D eigenvalue weighted by atomic mass is 32.2. The number of piperazine rings is 1. The van der Waals surface area contributed by atoms with E-state index in [-0.39, 0.29) is 30.0 Å². The van der Waals surface area contributed by atoms with E-state index in [1.807, 2.05) is 6.92 Å². The number of nitrogens with two attached hydrogens (primary N) is 1. The molecule has 25 heavy (non-hydrogen) atoms. The highest BCUT2D eigenvalue weighted by molar-refractivity contribution is 7.91. The van der Waals surface area contributed by atoms with Crippen molar-refractivity contribution in [2.75, 3.05) is 31.1 Å². The van der Waals surface area contributed by atoms with E-state index in [0.29, 0.717) is 19.6 Å². The highest BCUT2D eigenvalue weighted by Gasteiger charge is 2.47.